The number of rotatable bonds is 4. The van der Waals surface area contributed by atoms with Crippen LogP contribution in [-0.4, -0.2) is 18.4 Å². The van der Waals surface area contributed by atoms with Gasteiger partial charge in [-0.05, 0) is 30.3 Å². The molecule has 3 aromatic carbocycles. The third-order valence-corrected chi connectivity index (χ3v) is 5.02. The van der Waals surface area contributed by atoms with Gasteiger partial charge in [0.1, 0.15) is 0 Å². The summed E-state index contributed by atoms with van der Waals surface area (Å²) in [4.78, 5) is 9.29. The van der Waals surface area contributed by atoms with E-state index in [1.165, 1.54) is 12.1 Å². The maximum absolute atomic E-state index is 11.4. The molecule has 1 heterocycles. The molecule has 0 aliphatic rings. The molecule has 0 bridgehead atoms. The van der Waals surface area contributed by atoms with Gasteiger partial charge in [0.25, 0.3) is 0 Å². The lowest BCUT2D eigenvalue weighted by molar-refractivity contribution is 0.598. The van der Waals surface area contributed by atoms with E-state index in [0.29, 0.717) is 11.6 Å². The monoisotopic (exact) mass is 436 g/mol. The Kier molecular flexibility index (Phi) is 8.66. The Morgan fingerprint density at radius 1 is 0.742 bits per heavy atom. The topological polar surface area (TPSA) is 98.0 Å². The Bertz CT molecular complexity index is 1210. The maximum atomic E-state index is 11.4. The van der Waals surface area contributed by atoms with Crippen molar-refractivity contribution < 1.29 is 8.42 Å². The molecule has 0 unspecified atom stereocenters. The van der Waals surface area contributed by atoms with Crippen LogP contribution in [0.4, 0.5) is 11.6 Å². The van der Waals surface area contributed by atoms with Crippen LogP contribution >= 0.6 is 0 Å². The first-order valence-electron chi connectivity index (χ1n) is 10.2. The molecule has 0 atom stereocenters. The molecule has 4 rings (SSSR count). The van der Waals surface area contributed by atoms with Crippen molar-refractivity contribution in [2.45, 2.75) is 32.6 Å². The lowest BCUT2D eigenvalue weighted by Gasteiger charge is -2.11. The largest absolute Gasteiger partial charge is 0.324 e. The van der Waals surface area contributed by atoms with Crippen molar-refractivity contribution in [2.24, 2.45) is 5.14 Å². The summed E-state index contributed by atoms with van der Waals surface area (Å²) in [6, 6.07) is 23.8. The molecule has 0 saturated carbocycles. The molecule has 0 aliphatic heterocycles. The predicted molar refractivity (Wildman–Crippen MR) is 129 cm³/mol. The van der Waals surface area contributed by atoms with Gasteiger partial charge in [0, 0.05) is 16.6 Å². The maximum Gasteiger partial charge on any atom is 0.238 e. The van der Waals surface area contributed by atoms with E-state index in [1.54, 1.807) is 12.1 Å². The molecule has 3 N–H and O–H groups in total. The molecule has 6 nitrogen and oxygen atoms in total. The third-order valence-electron chi connectivity index (χ3n) is 4.09. The van der Waals surface area contributed by atoms with Crippen molar-refractivity contribution in [3.8, 4) is 11.3 Å². The quantitative estimate of drug-likeness (QED) is 0.425. The minimum atomic E-state index is -3.72. The zero-order valence-corrected chi connectivity index (χ0v) is 19.0. The number of aromatic nitrogens is 2. The number of hydrogen-bond acceptors (Lipinski definition) is 5. The average molecular weight is 437 g/mol. The van der Waals surface area contributed by atoms with Crippen molar-refractivity contribution in [3.63, 3.8) is 0 Å². The average Bonchev–Trinajstić information content (AvgIpc) is 2.81. The molecular formula is C24H28N4O2S. The van der Waals surface area contributed by atoms with Crippen molar-refractivity contribution in [1.82, 2.24) is 9.97 Å². The number of benzene rings is 3. The summed E-state index contributed by atoms with van der Waals surface area (Å²) in [6.45, 7) is 8.00. The fraction of sp³-hybridized carbons (Fsp3) is 0.167. The fourth-order valence-electron chi connectivity index (χ4n) is 2.81. The van der Waals surface area contributed by atoms with Crippen LogP contribution in [0.5, 0.6) is 0 Å². The third kappa shape index (κ3) is 6.10. The van der Waals surface area contributed by atoms with Crippen LogP contribution in [0.3, 0.4) is 0 Å². The molecule has 0 radical (unpaired) electrons. The first-order chi connectivity index (χ1) is 15.0. The van der Waals surface area contributed by atoms with Crippen molar-refractivity contribution in [2.75, 3.05) is 5.32 Å². The molecule has 0 spiro atoms. The standard InChI is InChI=1S/C20H16N4O2S.2C2H6/c21-27(25,26)16-12-10-15(11-13-16)22-20-23-18-9-5-4-8-17(18)19(24-20)14-6-2-1-3-7-14;2*1-2/h1-13H,(H2,21,25,26)(H,22,23,24);2*1-2H3. The van der Waals surface area contributed by atoms with E-state index in [9.17, 15) is 8.42 Å². The van der Waals surface area contributed by atoms with E-state index in [2.05, 4.69) is 15.3 Å². The van der Waals surface area contributed by atoms with Crippen LogP contribution in [0.1, 0.15) is 27.7 Å². The van der Waals surface area contributed by atoms with E-state index in [4.69, 9.17) is 5.14 Å². The van der Waals surface area contributed by atoms with E-state index < -0.39 is 10.0 Å². The lowest BCUT2D eigenvalue weighted by atomic mass is 10.1. The van der Waals surface area contributed by atoms with E-state index >= 15 is 0 Å². The first kappa shape index (κ1) is 24.0. The second kappa shape index (κ2) is 11.2. The zero-order chi connectivity index (χ0) is 22.9. The van der Waals surface area contributed by atoms with Gasteiger partial charge >= 0.3 is 0 Å². The highest BCUT2D eigenvalue weighted by Gasteiger charge is 2.11. The summed E-state index contributed by atoms with van der Waals surface area (Å²) < 4.78 is 22.8. The van der Waals surface area contributed by atoms with Crippen molar-refractivity contribution in [3.05, 3.63) is 78.9 Å². The van der Waals surface area contributed by atoms with Crippen LogP contribution < -0.4 is 10.5 Å². The van der Waals surface area contributed by atoms with Crippen LogP contribution in [-0.2, 0) is 10.0 Å². The number of hydrogen-bond donors (Lipinski definition) is 2. The second-order valence-electron chi connectivity index (χ2n) is 5.97. The number of anilines is 2. The van der Waals surface area contributed by atoms with Gasteiger partial charge in [0.15, 0.2) is 0 Å². The lowest BCUT2D eigenvalue weighted by Crippen LogP contribution is -2.11. The summed E-state index contributed by atoms with van der Waals surface area (Å²) in [5.74, 6) is 0.427. The minimum absolute atomic E-state index is 0.0532. The van der Waals surface area contributed by atoms with Gasteiger partial charge in [-0.25, -0.2) is 23.5 Å². The van der Waals surface area contributed by atoms with Gasteiger partial charge in [0.05, 0.1) is 16.1 Å². The number of nitrogens with two attached hydrogens (primary N) is 1. The Hall–Kier alpha value is -3.29. The molecule has 0 aliphatic carbocycles. The highest BCUT2D eigenvalue weighted by atomic mass is 32.2. The van der Waals surface area contributed by atoms with Gasteiger partial charge in [0.2, 0.25) is 16.0 Å². The number of nitrogens with zero attached hydrogens (tertiary/aromatic N) is 2. The minimum Gasteiger partial charge on any atom is -0.324 e. The van der Waals surface area contributed by atoms with Crippen LogP contribution in [0, 0.1) is 0 Å². The number of sulfonamides is 1. The number of nitrogens with one attached hydrogen (secondary N) is 1. The second-order valence-corrected chi connectivity index (χ2v) is 7.53. The Morgan fingerprint density at radius 2 is 1.32 bits per heavy atom. The predicted octanol–water partition coefficient (Wildman–Crippen LogP) is 5.74. The smallest absolute Gasteiger partial charge is 0.238 e. The zero-order valence-electron chi connectivity index (χ0n) is 18.2. The van der Waals surface area contributed by atoms with Gasteiger partial charge < -0.3 is 5.32 Å². The number of primary sulfonamides is 1. The molecule has 1 aromatic heterocycles. The number of para-hydroxylation sites is 1. The highest BCUT2D eigenvalue weighted by Crippen LogP contribution is 2.28. The van der Waals surface area contributed by atoms with Gasteiger partial charge in [-0.2, -0.15) is 0 Å². The summed E-state index contributed by atoms with van der Waals surface area (Å²) in [6.07, 6.45) is 0. The fourth-order valence-corrected chi connectivity index (χ4v) is 3.32. The highest BCUT2D eigenvalue weighted by molar-refractivity contribution is 7.89. The SMILES string of the molecule is CC.CC.NS(=O)(=O)c1ccc(Nc2nc(-c3ccccc3)c3ccccc3n2)cc1. The molecular weight excluding hydrogens is 408 g/mol. The summed E-state index contributed by atoms with van der Waals surface area (Å²) in [5.41, 5.74) is 3.29. The summed E-state index contributed by atoms with van der Waals surface area (Å²) in [5, 5.41) is 9.22. The molecule has 7 heteroatoms. The van der Waals surface area contributed by atoms with E-state index in [-0.39, 0.29) is 4.90 Å². The molecule has 31 heavy (non-hydrogen) atoms. The molecule has 0 saturated heterocycles. The summed E-state index contributed by atoms with van der Waals surface area (Å²) >= 11 is 0. The normalized spacial score (nSPS) is 10.4. The molecule has 0 amide bonds. The van der Waals surface area contributed by atoms with Gasteiger partial charge in [-0.1, -0.05) is 76.2 Å². The molecule has 162 valence electrons. The van der Waals surface area contributed by atoms with Crippen molar-refractivity contribution in [1.29, 1.82) is 0 Å². The summed E-state index contributed by atoms with van der Waals surface area (Å²) in [7, 11) is -3.72. The van der Waals surface area contributed by atoms with Crippen LogP contribution in [0.15, 0.2) is 83.8 Å². The molecule has 4 aromatic rings. The van der Waals surface area contributed by atoms with E-state index in [1.807, 2.05) is 82.3 Å². The van der Waals surface area contributed by atoms with Gasteiger partial charge in [-0.3, -0.25) is 0 Å². The Labute approximate surface area is 184 Å². The van der Waals surface area contributed by atoms with Gasteiger partial charge in [-0.15, -0.1) is 0 Å². The Morgan fingerprint density at radius 3 is 1.94 bits per heavy atom. The first-order valence-corrected chi connectivity index (χ1v) is 11.8. The van der Waals surface area contributed by atoms with Crippen molar-refractivity contribution >= 4 is 32.6 Å². The molecule has 0 fully saturated rings. The Balaban J connectivity index is 0.000000807. The van der Waals surface area contributed by atoms with Crippen LogP contribution in [0.25, 0.3) is 22.2 Å². The number of fused-ring (bicyclic) bond motifs is 1. The van der Waals surface area contributed by atoms with E-state index in [0.717, 1.165) is 22.2 Å². The van der Waals surface area contributed by atoms with Crippen LogP contribution in [0.2, 0.25) is 0 Å².